The Kier molecular flexibility index (Phi) is 6.99. The summed E-state index contributed by atoms with van der Waals surface area (Å²) in [5.41, 5.74) is 6.20. The first kappa shape index (κ1) is 21.4. The minimum Gasteiger partial charge on any atom is -0.415 e. The maximum absolute atomic E-state index is 14.1. The summed E-state index contributed by atoms with van der Waals surface area (Å²) in [7, 11) is -3.75. The third-order valence-electron chi connectivity index (χ3n) is 5.36. The second-order valence-corrected chi connectivity index (χ2v) is 9.46. The van der Waals surface area contributed by atoms with Gasteiger partial charge in [0, 0.05) is 6.54 Å². The molecule has 2 aromatic rings. The van der Waals surface area contributed by atoms with Crippen LogP contribution in [0, 0.1) is 5.92 Å². The van der Waals surface area contributed by atoms with E-state index in [1.54, 1.807) is 53.4 Å². The Bertz CT molecular complexity index is 801. The van der Waals surface area contributed by atoms with Crippen LogP contribution in [-0.4, -0.2) is 29.2 Å². The molecule has 0 bridgehead atoms. The molecule has 6 nitrogen and oxygen atoms in total. The molecule has 0 aliphatic carbocycles. The number of rotatable bonds is 8. The Hall–Kier alpha value is -2.30. The highest BCUT2D eigenvalue weighted by atomic mass is 31.2. The average Bonchev–Trinajstić information content (AvgIpc) is 3.24. The molecule has 156 valence electrons. The van der Waals surface area contributed by atoms with Crippen LogP contribution in [0.5, 0.6) is 11.5 Å². The minimum absolute atomic E-state index is 0.0354. The topological polar surface area (TPSA) is 81.9 Å². The van der Waals surface area contributed by atoms with Crippen LogP contribution in [0.4, 0.5) is 0 Å². The van der Waals surface area contributed by atoms with Gasteiger partial charge in [-0.15, -0.1) is 0 Å². The Labute approximate surface area is 172 Å². The van der Waals surface area contributed by atoms with E-state index in [-0.39, 0.29) is 11.8 Å². The number of likely N-dealkylation sites (tertiary alicyclic amines) is 1. The summed E-state index contributed by atoms with van der Waals surface area (Å²) in [4.78, 5) is 14.7. The van der Waals surface area contributed by atoms with E-state index in [0.29, 0.717) is 24.5 Å². The van der Waals surface area contributed by atoms with Gasteiger partial charge < -0.3 is 19.7 Å². The first-order valence-corrected chi connectivity index (χ1v) is 11.7. The van der Waals surface area contributed by atoms with Gasteiger partial charge in [-0.2, -0.15) is 0 Å². The van der Waals surface area contributed by atoms with Gasteiger partial charge in [-0.05, 0) is 43.0 Å². The summed E-state index contributed by atoms with van der Waals surface area (Å²) in [6, 6.07) is 17.2. The zero-order chi connectivity index (χ0) is 20.9. The molecule has 1 saturated heterocycles. The highest BCUT2D eigenvalue weighted by molar-refractivity contribution is 7.55. The third kappa shape index (κ3) is 5.01. The van der Waals surface area contributed by atoms with Crippen LogP contribution in [0.2, 0.25) is 0 Å². The summed E-state index contributed by atoms with van der Waals surface area (Å²) in [5.74, 6) is 0.0451. The molecule has 3 rings (SSSR count). The second-order valence-electron chi connectivity index (χ2n) is 7.41. The van der Waals surface area contributed by atoms with Crippen molar-refractivity contribution in [3.8, 4) is 11.5 Å². The van der Waals surface area contributed by atoms with Gasteiger partial charge in [0.25, 0.3) is 0 Å². The van der Waals surface area contributed by atoms with E-state index in [9.17, 15) is 9.36 Å². The fraction of sp³-hybridized carbons (Fsp3) is 0.409. The van der Waals surface area contributed by atoms with Crippen LogP contribution >= 0.6 is 7.60 Å². The average molecular weight is 416 g/mol. The van der Waals surface area contributed by atoms with Gasteiger partial charge in [0.1, 0.15) is 11.5 Å². The number of benzene rings is 2. The van der Waals surface area contributed by atoms with E-state index in [2.05, 4.69) is 0 Å². The van der Waals surface area contributed by atoms with Crippen molar-refractivity contribution >= 4 is 13.5 Å². The lowest BCUT2D eigenvalue weighted by Gasteiger charge is -2.33. The molecule has 0 spiro atoms. The molecule has 1 aliphatic heterocycles. The van der Waals surface area contributed by atoms with E-state index in [1.165, 1.54) is 0 Å². The number of hydrogen-bond donors (Lipinski definition) is 1. The lowest BCUT2D eigenvalue weighted by Crippen LogP contribution is -2.49. The molecule has 7 heteroatoms. The molecule has 2 aromatic carbocycles. The first-order valence-electron chi connectivity index (χ1n) is 10.1. The van der Waals surface area contributed by atoms with E-state index >= 15 is 0 Å². The first-order chi connectivity index (χ1) is 13.9. The lowest BCUT2D eigenvalue weighted by molar-refractivity contribution is -0.133. The van der Waals surface area contributed by atoms with Crippen LogP contribution in [-0.2, 0) is 9.36 Å². The zero-order valence-electron chi connectivity index (χ0n) is 16.9. The Morgan fingerprint density at radius 3 is 2.10 bits per heavy atom. The van der Waals surface area contributed by atoms with Gasteiger partial charge in [-0.25, -0.2) is 4.57 Å². The molecular formula is C22H29N2O4P. The standard InChI is InChI=1S/C22H29N2O4P/c1-3-17(2)21(23)22(25)24-16-10-15-20(24)29(26,27-18-11-6-4-7-12-18)28-19-13-8-5-9-14-19/h4-9,11-14,17,20-21H,3,10,15-16,23H2,1-2H3/t17-,20+,21-/m0/s1. The Morgan fingerprint density at radius 1 is 1.10 bits per heavy atom. The lowest BCUT2D eigenvalue weighted by atomic mass is 9.99. The quantitative estimate of drug-likeness (QED) is 0.633. The van der Waals surface area contributed by atoms with Crippen molar-refractivity contribution in [1.82, 2.24) is 4.90 Å². The summed E-state index contributed by atoms with van der Waals surface area (Å²) in [6.45, 7) is 4.45. The number of hydrogen-bond acceptors (Lipinski definition) is 5. The molecule has 0 radical (unpaired) electrons. The molecule has 1 aliphatic rings. The number of carbonyl (C=O) groups is 1. The van der Waals surface area contributed by atoms with Crippen LogP contribution in [0.3, 0.4) is 0 Å². The van der Waals surface area contributed by atoms with Gasteiger partial charge in [0.15, 0.2) is 5.78 Å². The maximum atomic E-state index is 14.1. The predicted molar refractivity (Wildman–Crippen MR) is 114 cm³/mol. The molecule has 1 amide bonds. The van der Waals surface area contributed by atoms with Crippen molar-refractivity contribution in [2.75, 3.05) is 6.54 Å². The molecule has 1 fully saturated rings. The van der Waals surface area contributed by atoms with Crippen molar-refractivity contribution in [2.45, 2.75) is 44.9 Å². The van der Waals surface area contributed by atoms with Crippen molar-refractivity contribution in [1.29, 1.82) is 0 Å². The molecule has 0 saturated carbocycles. The third-order valence-corrected chi connectivity index (χ3v) is 7.56. The maximum Gasteiger partial charge on any atom is 0.453 e. The van der Waals surface area contributed by atoms with Gasteiger partial charge in [-0.3, -0.25) is 4.79 Å². The van der Waals surface area contributed by atoms with Crippen LogP contribution in [0.15, 0.2) is 60.7 Å². The fourth-order valence-electron chi connectivity index (χ4n) is 3.42. The summed E-state index contributed by atoms with van der Waals surface area (Å²) in [5, 5.41) is 0. The summed E-state index contributed by atoms with van der Waals surface area (Å²) in [6.07, 6.45) is 2.06. The fourth-order valence-corrected chi connectivity index (χ4v) is 5.60. The number of carbonyl (C=O) groups excluding carboxylic acids is 1. The molecular weight excluding hydrogens is 387 g/mol. The predicted octanol–water partition coefficient (Wildman–Crippen LogP) is 4.66. The highest BCUT2D eigenvalue weighted by Crippen LogP contribution is 2.57. The van der Waals surface area contributed by atoms with Crippen LogP contribution in [0.1, 0.15) is 33.1 Å². The number of amides is 1. The van der Waals surface area contributed by atoms with Crippen molar-refractivity contribution in [2.24, 2.45) is 11.7 Å². The molecule has 1 heterocycles. The second kappa shape index (κ2) is 9.47. The normalized spacial score (nSPS) is 18.9. The molecule has 2 N–H and O–H groups in total. The highest BCUT2D eigenvalue weighted by Gasteiger charge is 2.48. The van der Waals surface area contributed by atoms with Gasteiger partial charge in [-0.1, -0.05) is 56.7 Å². The summed E-state index contributed by atoms with van der Waals surface area (Å²) < 4.78 is 25.9. The number of nitrogens with zero attached hydrogens (tertiary/aromatic N) is 1. The molecule has 0 unspecified atom stereocenters. The van der Waals surface area contributed by atoms with E-state index in [4.69, 9.17) is 14.8 Å². The van der Waals surface area contributed by atoms with E-state index in [0.717, 1.165) is 12.8 Å². The minimum atomic E-state index is -3.75. The van der Waals surface area contributed by atoms with Gasteiger partial charge in [0.2, 0.25) is 5.91 Å². The van der Waals surface area contributed by atoms with Crippen LogP contribution < -0.4 is 14.8 Å². The Morgan fingerprint density at radius 2 is 1.62 bits per heavy atom. The van der Waals surface area contributed by atoms with Gasteiger partial charge >= 0.3 is 7.60 Å². The number of nitrogens with two attached hydrogens (primary N) is 1. The number of para-hydroxylation sites is 2. The van der Waals surface area contributed by atoms with Crippen LogP contribution in [0.25, 0.3) is 0 Å². The van der Waals surface area contributed by atoms with Crippen molar-refractivity contribution in [3.05, 3.63) is 60.7 Å². The zero-order valence-corrected chi connectivity index (χ0v) is 17.8. The van der Waals surface area contributed by atoms with E-state index < -0.39 is 19.4 Å². The molecule has 3 atom stereocenters. The van der Waals surface area contributed by atoms with E-state index in [1.807, 2.05) is 26.0 Å². The molecule has 29 heavy (non-hydrogen) atoms. The smallest absolute Gasteiger partial charge is 0.415 e. The van der Waals surface area contributed by atoms with Crippen molar-refractivity contribution in [3.63, 3.8) is 0 Å². The van der Waals surface area contributed by atoms with Crippen molar-refractivity contribution < 1.29 is 18.4 Å². The van der Waals surface area contributed by atoms with Gasteiger partial charge in [0.05, 0.1) is 6.04 Å². The monoisotopic (exact) mass is 416 g/mol. The largest absolute Gasteiger partial charge is 0.453 e. The molecule has 0 aromatic heterocycles. The SMILES string of the molecule is CC[C@H](C)[C@H](N)C(=O)N1CCC[C@H]1P(=O)(Oc1ccccc1)Oc1ccccc1. The summed E-state index contributed by atoms with van der Waals surface area (Å²) >= 11 is 0. The Balaban J connectivity index is 1.91.